The fourth-order valence-corrected chi connectivity index (χ4v) is 2.44. The summed E-state index contributed by atoms with van der Waals surface area (Å²) in [6.07, 6.45) is 3.89. The molecule has 3 nitrogen and oxygen atoms in total. The Labute approximate surface area is 114 Å². The van der Waals surface area contributed by atoms with Crippen molar-refractivity contribution < 1.29 is 14.4 Å². The summed E-state index contributed by atoms with van der Waals surface area (Å²) in [5, 5.41) is 18.0. The van der Waals surface area contributed by atoms with Crippen LogP contribution in [0.1, 0.15) is 31.7 Å². The lowest BCUT2D eigenvalue weighted by Gasteiger charge is -2.31. The molecule has 0 bridgehead atoms. The second kappa shape index (κ2) is 6.50. The van der Waals surface area contributed by atoms with Crippen LogP contribution in [0.5, 0.6) is 0 Å². The van der Waals surface area contributed by atoms with Crippen molar-refractivity contribution in [3.63, 3.8) is 0 Å². The molecule has 0 radical (unpaired) electrons. The molecule has 0 heterocycles. The molecule has 0 aromatic heterocycles. The van der Waals surface area contributed by atoms with E-state index in [0.717, 1.165) is 19.0 Å². The molecule has 5 heteroatoms. The van der Waals surface area contributed by atoms with Crippen LogP contribution in [0.2, 0.25) is 0 Å². The first kappa shape index (κ1) is 14.5. The van der Waals surface area contributed by atoms with E-state index in [-0.39, 0.29) is 11.3 Å². The van der Waals surface area contributed by atoms with Crippen molar-refractivity contribution in [2.24, 2.45) is 5.92 Å². The van der Waals surface area contributed by atoms with E-state index in [4.69, 9.17) is 10.0 Å². The Morgan fingerprint density at radius 1 is 1.37 bits per heavy atom. The molecule has 2 N–H and O–H groups in total. The minimum Gasteiger partial charge on any atom is -0.423 e. The Kier molecular flexibility index (Phi) is 4.96. The van der Waals surface area contributed by atoms with E-state index in [9.17, 15) is 4.39 Å². The van der Waals surface area contributed by atoms with Crippen molar-refractivity contribution in [3.05, 3.63) is 29.6 Å². The maximum atomic E-state index is 13.9. The monoisotopic (exact) mass is 265 g/mol. The highest BCUT2D eigenvalue weighted by molar-refractivity contribution is 6.58. The summed E-state index contributed by atoms with van der Waals surface area (Å²) in [7, 11) is -1.61. The first-order chi connectivity index (χ1) is 9.10. The molecule has 1 saturated carbocycles. The third kappa shape index (κ3) is 3.78. The van der Waals surface area contributed by atoms with E-state index < -0.39 is 7.12 Å². The second-order valence-corrected chi connectivity index (χ2v) is 5.35. The van der Waals surface area contributed by atoms with E-state index in [1.54, 1.807) is 12.1 Å². The molecule has 1 fully saturated rings. The van der Waals surface area contributed by atoms with Crippen molar-refractivity contribution in [1.29, 1.82) is 0 Å². The molecule has 0 unspecified atom stereocenters. The van der Waals surface area contributed by atoms with E-state index in [1.165, 1.54) is 25.3 Å². The van der Waals surface area contributed by atoms with Crippen molar-refractivity contribution in [1.82, 2.24) is 4.90 Å². The van der Waals surface area contributed by atoms with E-state index in [1.807, 2.05) is 0 Å². The van der Waals surface area contributed by atoms with E-state index in [0.29, 0.717) is 12.1 Å². The maximum Gasteiger partial charge on any atom is 0.488 e. The van der Waals surface area contributed by atoms with Crippen LogP contribution >= 0.6 is 0 Å². The number of halogens is 1. The van der Waals surface area contributed by atoms with Crippen molar-refractivity contribution >= 4 is 12.6 Å². The van der Waals surface area contributed by atoms with Crippen molar-refractivity contribution in [2.75, 3.05) is 13.1 Å². The lowest BCUT2D eigenvalue weighted by atomic mass is 9.80. The van der Waals surface area contributed by atoms with Crippen LogP contribution < -0.4 is 5.46 Å². The maximum absolute atomic E-state index is 13.9. The first-order valence-corrected chi connectivity index (χ1v) is 6.97. The van der Waals surface area contributed by atoms with Crippen LogP contribution in [0.4, 0.5) is 4.39 Å². The predicted octanol–water partition coefficient (Wildman–Crippen LogP) is 1.13. The highest BCUT2D eigenvalue weighted by Crippen LogP contribution is 2.27. The largest absolute Gasteiger partial charge is 0.488 e. The summed E-state index contributed by atoms with van der Waals surface area (Å²) in [4.78, 5) is 2.25. The average Bonchev–Trinajstić information content (AvgIpc) is 2.33. The van der Waals surface area contributed by atoms with Gasteiger partial charge in [-0.1, -0.05) is 25.5 Å². The molecular weight excluding hydrogens is 244 g/mol. The van der Waals surface area contributed by atoms with Gasteiger partial charge in [-0.05, 0) is 36.8 Å². The fourth-order valence-electron chi connectivity index (χ4n) is 2.44. The van der Waals surface area contributed by atoms with Gasteiger partial charge in [-0.2, -0.15) is 0 Å². The minimum atomic E-state index is -1.61. The number of rotatable bonds is 6. The van der Waals surface area contributed by atoms with E-state index >= 15 is 0 Å². The molecule has 0 amide bonds. The van der Waals surface area contributed by atoms with Crippen LogP contribution in [-0.4, -0.2) is 35.2 Å². The van der Waals surface area contributed by atoms with Gasteiger partial charge in [0.15, 0.2) is 0 Å². The van der Waals surface area contributed by atoms with Gasteiger partial charge in [0.1, 0.15) is 5.82 Å². The Bertz CT molecular complexity index is 424. The molecule has 0 saturated heterocycles. The number of benzene rings is 1. The standard InChI is InChI=1S/C14H21BFNO2/c1-2-17(9-11-4-3-5-11)10-12-6-7-13(15(18)19)8-14(12)16/h6-8,11,18-19H,2-5,9-10H2,1H3. The van der Waals surface area contributed by atoms with Gasteiger partial charge >= 0.3 is 7.12 Å². The van der Waals surface area contributed by atoms with Gasteiger partial charge in [0.2, 0.25) is 0 Å². The number of hydrogen-bond donors (Lipinski definition) is 2. The third-order valence-corrected chi connectivity index (χ3v) is 3.96. The molecule has 19 heavy (non-hydrogen) atoms. The summed E-state index contributed by atoms with van der Waals surface area (Å²) < 4.78 is 13.9. The van der Waals surface area contributed by atoms with Crippen LogP contribution in [0.15, 0.2) is 18.2 Å². The Balaban J connectivity index is 1.99. The van der Waals surface area contributed by atoms with Gasteiger partial charge in [0.25, 0.3) is 0 Å². The zero-order valence-corrected chi connectivity index (χ0v) is 11.3. The lowest BCUT2D eigenvalue weighted by Crippen LogP contribution is -2.33. The summed E-state index contributed by atoms with van der Waals surface area (Å²) in [5.74, 6) is 0.402. The quantitative estimate of drug-likeness (QED) is 0.758. The van der Waals surface area contributed by atoms with Gasteiger partial charge in [-0.25, -0.2) is 4.39 Å². The van der Waals surface area contributed by atoms with Crippen LogP contribution in [0, 0.1) is 11.7 Å². The minimum absolute atomic E-state index is 0.197. The molecule has 0 aliphatic heterocycles. The van der Waals surface area contributed by atoms with Gasteiger partial charge < -0.3 is 10.0 Å². The molecular formula is C14H21BFNO2. The summed E-state index contributed by atoms with van der Waals surface area (Å²) in [6, 6.07) is 4.42. The Hall–Kier alpha value is -0.905. The van der Waals surface area contributed by atoms with Crippen LogP contribution in [0.3, 0.4) is 0 Å². The molecule has 1 aromatic rings. The van der Waals surface area contributed by atoms with E-state index in [2.05, 4.69) is 11.8 Å². The molecule has 1 aromatic carbocycles. The van der Waals surface area contributed by atoms with Gasteiger partial charge in [-0.15, -0.1) is 0 Å². The highest BCUT2D eigenvalue weighted by Gasteiger charge is 2.21. The van der Waals surface area contributed by atoms with Gasteiger partial charge in [0, 0.05) is 18.7 Å². The summed E-state index contributed by atoms with van der Waals surface area (Å²) >= 11 is 0. The summed E-state index contributed by atoms with van der Waals surface area (Å²) in [5.41, 5.74) is 0.814. The highest BCUT2D eigenvalue weighted by atomic mass is 19.1. The fraction of sp³-hybridized carbons (Fsp3) is 0.571. The van der Waals surface area contributed by atoms with Crippen molar-refractivity contribution in [3.8, 4) is 0 Å². The SMILES string of the molecule is CCN(Cc1ccc(B(O)O)cc1F)CC1CCC1. The molecule has 0 spiro atoms. The smallest absolute Gasteiger partial charge is 0.423 e. The van der Waals surface area contributed by atoms with Crippen molar-refractivity contribution in [2.45, 2.75) is 32.7 Å². The number of nitrogens with zero attached hydrogens (tertiary/aromatic N) is 1. The Morgan fingerprint density at radius 3 is 2.58 bits per heavy atom. The summed E-state index contributed by atoms with van der Waals surface area (Å²) in [6.45, 7) is 4.60. The second-order valence-electron chi connectivity index (χ2n) is 5.35. The predicted molar refractivity (Wildman–Crippen MR) is 74.5 cm³/mol. The van der Waals surface area contributed by atoms with Crippen LogP contribution in [0.25, 0.3) is 0 Å². The normalized spacial score (nSPS) is 15.6. The molecule has 2 rings (SSSR count). The lowest BCUT2D eigenvalue weighted by molar-refractivity contribution is 0.177. The van der Waals surface area contributed by atoms with Gasteiger partial charge in [0.05, 0.1) is 0 Å². The molecule has 104 valence electrons. The topological polar surface area (TPSA) is 43.7 Å². The van der Waals surface area contributed by atoms with Gasteiger partial charge in [-0.3, -0.25) is 4.90 Å². The zero-order valence-electron chi connectivity index (χ0n) is 11.3. The Morgan fingerprint density at radius 2 is 2.11 bits per heavy atom. The molecule has 1 aliphatic rings. The first-order valence-electron chi connectivity index (χ1n) is 6.97. The average molecular weight is 265 g/mol. The molecule has 1 aliphatic carbocycles. The third-order valence-electron chi connectivity index (χ3n) is 3.96. The zero-order chi connectivity index (χ0) is 13.8. The molecule has 0 atom stereocenters. The number of hydrogen-bond acceptors (Lipinski definition) is 3. The van der Waals surface area contributed by atoms with Crippen LogP contribution in [-0.2, 0) is 6.54 Å².